The third-order valence-electron chi connectivity index (χ3n) is 6.64. The minimum Gasteiger partial charge on any atom is -0.497 e. The molecule has 0 aliphatic heterocycles. The molecule has 1 aromatic carbocycles. The Labute approximate surface area is 191 Å². The van der Waals surface area contributed by atoms with Crippen LogP contribution in [0, 0.1) is 11.5 Å². The van der Waals surface area contributed by atoms with Crippen molar-refractivity contribution in [3.05, 3.63) is 24.3 Å². The van der Waals surface area contributed by atoms with Crippen LogP contribution in [0.5, 0.6) is 5.75 Å². The highest BCUT2D eigenvalue weighted by atomic mass is 28.3. The van der Waals surface area contributed by atoms with E-state index in [1.165, 1.54) is 0 Å². The first-order chi connectivity index (χ1) is 14.6. The van der Waals surface area contributed by atoms with Crippen LogP contribution in [0.4, 0.5) is 5.69 Å². The zero-order valence-corrected chi connectivity index (χ0v) is 22.3. The number of benzene rings is 1. The number of hydrogen-bond acceptors (Lipinski definition) is 4. The maximum absolute atomic E-state index is 13.4. The molecule has 1 rings (SSSR count). The fourth-order valence-electron chi connectivity index (χ4n) is 4.98. The van der Waals surface area contributed by atoms with E-state index in [0.717, 1.165) is 11.4 Å². The fourth-order valence-corrected chi connectivity index (χ4v) is 10.3. The number of carbonyl (C=O) groups excluding carboxylic acids is 1. The van der Waals surface area contributed by atoms with Crippen LogP contribution in [0.3, 0.4) is 0 Å². The molecule has 4 nitrogen and oxygen atoms in total. The summed E-state index contributed by atoms with van der Waals surface area (Å²) in [6.45, 7) is 20.7. The molecule has 31 heavy (non-hydrogen) atoms. The van der Waals surface area contributed by atoms with E-state index in [0.29, 0.717) is 36.2 Å². The van der Waals surface area contributed by atoms with Crippen LogP contribution in [-0.2, 0) is 9.53 Å². The molecule has 0 saturated heterocycles. The summed E-state index contributed by atoms with van der Waals surface area (Å²) < 4.78 is 10.9. The predicted octanol–water partition coefficient (Wildman–Crippen LogP) is 6.45. The lowest BCUT2D eigenvalue weighted by Crippen LogP contribution is -2.55. The molecule has 0 aliphatic carbocycles. The number of ether oxygens (including phenoxy) is 2. The van der Waals surface area contributed by atoms with Gasteiger partial charge in [-0.2, -0.15) is 0 Å². The van der Waals surface area contributed by atoms with Gasteiger partial charge in [0.25, 0.3) is 0 Å². The van der Waals surface area contributed by atoms with Crippen molar-refractivity contribution in [3.8, 4) is 17.2 Å². The second-order valence-corrected chi connectivity index (χ2v) is 14.6. The highest BCUT2D eigenvalue weighted by molar-refractivity contribution is 6.90. The molecule has 0 aliphatic rings. The molecular formula is C26H43NO3Si. The highest BCUT2D eigenvalue weighted by Gasteiger charge is 2.46. The van der Waals surface area contributed by atoms with Gasteiger partial charge >= 0.3 is 5.97 Å². The van der Waals surface area contributed by atoms with Gasteiger partial charge in [-0.15, -0.1) is 5.54 Å². The van der Waals surface area contributed by atoms with Crippen LogP contribution < -0.4 is 9.64 Å². The lowest BCUT2D eigenvalue weighted by atomic mass is 9.93. The molecule has 0 aromatic heterocycles. The maximum atomic E-state index is 13.4. The number of rotatable bonds is 10. The first-order valence-electron chi connectivity index (χ1n) is 11.7. The van der Waals surface area contributed by atoms with Gasteiger partial charge in [0, 0.05) is 12.2 Å². The van der Waals surface area contributed by atoms with E-state index < -0.39 is 13.6 Å². The molecule has 1 atom stereocenters. The highest BCUT2D eigenvalue weighted by Crippen LogP contribution is 2.41. The average molecular weight is 446 g/mol. The second kappa shape index (κ2) is 11.6. The Balaban J connectivity index is 3.76. The van der Waals surface area contributed by atoms with Crippen molar-refractivity contribution in [2.75, 3.05) is 25.2 Å². The van der Waals surface area contributed by atoms with Gasteiger partial charge in [-0.25, -0.2) is 4.79 Å². The lowest BCUT2D eigenvalue weighted by molar-refractivity contribution is -0.147. The minimum atomic E-state index is -2.01. The molecule has 0 saturated carbocycles. The largest absolute Gasteiger partial charge is 0.497 e. The van der Waals surface area contributed by atoms with Crippen molar-refractivity contribution < 1.29 is 14.3 Å². The van der Waals surface area contributed by atoms with Gasteiger partial charge in [-0.05, 0) is 61.2 Å². The van der Waals surface area contributed by atoms with Crippen LogP contribution in [0.1, 0.15) is 68.7 Å². The summed E-state index contributed by atoms with van der Waals surface area (Å²) in [4.78, 5) is 15.5. The van der Waals surface area contributed by atoms with Gasteiger partial charge in [-0.1, -0.05) is 54.4 Å². The van der Waals surface area contributed by atoms with E-state index in [4.69, 9.17) is 9.47 Å². The van der Waals surface area contributed by atoms with Crippen molar-refractivity contribution in [1.29, 1.82) is 0 Å². The minimum absolute atomic E-state index is 0.262. The first kappa shape index (κ1) is 27.1. The molecule has 0 fully saturated rings. The quantitative estimate of drug-likeness (QED) is 0.235. The van der Waals surface area contributed by atoms with Crippen LogP contribution in [0.25, 0.3) is 0 Å². The molecule has 1 aromatic rings. The number of anilines is 1. The summed E-state index contributed by atoms with van der Waals surface area (Å²) in [5.41, 5.74) is 5.20. The molecule has 1 unspecified atom stereocenters. The predicted molar refractivity (Wildman–Crippen MR) is 134 cm³/mol. The van der Waals surface area contributed by atoms with Gasteiger partial charge in [-0.3, -0.25) is 0 Å². The van der Waals surface area contributed by atoms with Crippen molar-refractivity contribution >= 4 is 19.7 Å². The smallest absolute Gasteiger partial charge is 0.344 e. The Hall–Kier alpha value is -1.93. The zero-order valence-electron chi connectivity index (χ0n) is 21.3. The van der Waals surface area contributed by atoms with E-state index in [9.17, 15) is 4.79 Å². The Bertz CT molecular complexity index is 739. The Morgan fingerprint density at radius 3 is 1.87 bits per heavy atom. The summed E-state index contributed by atoms with van der Waals surface area (Å²) in [6, 6.07) is 7.83. The van der Waals surface area contributed by atoms with E-state index >= 15 is 0 Å². The number of nitrogens with zero attached hydrogens (tertiary/aromatic N) is 1. The lowest BCUT2D eigenvalue weighted by Gasteiger charge is -2.41. The molecule has 174 valence electrons. The number of methoxy groups -OCH3 is 1. The zero-order chi connectivity index (χ0) is 23.8. The average Bonchev–Trinajstić information content (AvgIpc) is 2.73. The van der Waals surface area contributed by atoms with Crippen molar-refractivity contribution in [2.45, 2.75) is 90.9 Å². The topological polar surface area (TPSA) is 38.8 Å². The van der Waals surface area contributed by atoms with Gasteiger partial charge in [0.1, 0.15) is 13.8 Å². The van der Waals surface area contributed by atoms with Gasteiger partial charge < -0.3 is 14.4 Å². The molecule has 0 heterocycles. The summed E-state index contributed by atoms with van der Waals surface area (Å²) in [6.07, 6.45) is 0.553. The number of likely N-dealkylation sites (N-methyl/N-ethyl adjacent to an activating group) is 1. The summed E-state index contributed by atoms with van der Waals surface area (Å²) in [7, 11) is -0.359. The number of carbonyl (C=O) groups is 1. The Morgan fingerprint density at radius 1 is 1.00 bits per heavy atom. The molecule has 0 radical (unpaired) electrons. The molecule has 0 spiro atoms. The van der Waals surface area contributed by atoms with Crippen LogP contribution in [-0.4, -0.2) is 39.8 Å². The second-order valence-electron chi connectivity index (χ2n) is 9.02. The normalized spacial score (nSPS) is 13.6. The van der Waals surface area contributed by atoms with Gasteiger partial charge in [0.15, 0.2) is 5.54 Å². The third kappa shape index (κ3) is 5.47. The van der Waals surface area contributed by atoms with E-state index in [1.54, 1.807) is 7.11 Å². The third-order valence-corrected chi connectivity index (χ3v) is 12.9. The van der Waals surface area contributed by atoms with Crippen molar-refractivity contribution in [3.63, 3.8) is 0 Å². The van der Waals surface area contributed by atoms with Crippen molar-refractivity contribution in [2.24, 2.45) is 0 Å². The molecule has 0 amide bonds. The van der Waals surface area contributed by atoms with Gasteiger partial charge in [0.05, 0.1) is 13.7 Å². The molecule has 0 bridgehead atoms. The molecular weight excluding hydrogens is 402 g/mol. The SMILES string of the molecule is CCOC(=O)C(C#C[Si](C(C)C)(C(C)C)C(C)C)(CC)N(CC)c1ccc(OC)cc1. The van der Waals surface area contributed by atoms with Crippen LogP contribution in [0.2, 0.25) is 16.6 Å². The molecule has 5 heteroatoms. The summed E-state index contributed by atoms with van der Waals surface area (Å²) >= 11 is 0. The van der Waals surface area contributed by atoms with E-state index in [1.807, 2.05) is 38.1 Å². The van der Waals surface area contributed by atoms with Gasteiger partial charge in [0.2, 0.25) is 0 Å². The van der Waals surface area contributed by atoms with Crippen molar-refractivity contribution in [1.82, 2.24) is 0 Å². The van der Waals surface area contributed by atoms with E-state index in [2.05, 4.69) is 64.8 Å². The fraction of sp³-hybridized carbons (Fsp3) is 0.654. The summed E-state index contributed by atoms with van der Waals surface area (Å²) in [5.74, 6) is 4.09. The number of esters is 1. The number of hydrogen-bond donors (Lipinski definition) is 0. The monoisotopic (exact) mass is 445 g/mol. The Morgan fingerprint density at radius 2 is 1.52 bits per heavy atom. The van der Waals surface area contributed by atoms with E-state index in [-0.39, 0.29) is 5.97 Å². The first-order valence-corrected chi connectivity index (χ1v) is 13.9. The Kier molecular flexibility index (Phi) is 10.2. The molecule has 0 N–H and O–H groups in total. The van der Waals surface area contributed by atoms with Crippen LogP contribution >= 0.6 is 0 Å². The maximum Gasteiger partial charge on any atom is 0.344 e. The standard InChI is InChI=1S/C26H43NO3Si/c1-11-26(25(28)30-13-3,18-19-31(20(4)5,21(6)7)22(8)9)27(12-2)23-14-16-24(29-10)17-15-23/h14-17,20-22H,11-13H2,1-10H3. The summed E-state index contributed by atoms with van der Waals surface area (Å²) in [5, 5.41) is 0. The van der Waals surface area contributed by atoms with Crippen LogP contribution in [0.15, 0.2) is 24.3 Å².